The number of fused-ring (bicyclic) bond motifs is 2. The number of amides is 2. The summed E-state index contributed by atoms with van der Waals surface area (Å²) in [7, 11) is 0. The van der Waals surface area contributed by atoms with Crippen molar-refractivity contribution in [2.24, 2.45) is 0 Å². The van der Waals surface area contributed by atoms with Gasteiger partial charge in [-0.15, -0.1) is 0 Å². The third kappa shape index (κ3) is 4.28. The molecule has 31 heavy (non-hydrogen) atoms. The van der Waals surface area contributed by atoms with Crippen LogP contribution in [-0.4, -0.2) is 23.3 Å². The van der Waals surface area contributed by atoms with E-state index in [1.807, 2.05) is 18.2 Å². The van der Waals surface area contributed by atoms with Crippen molar-refractivity contribution in [2.45, 2.75) is 19.5 Å². The van der Waals surface area contributed by atoms with E-state index in [1.54, 1.807) is 18.3 Å². The van der Waals surface area contributed by atoms with Crippen LogP contribution in [0.5, 0.6) is 0 Å². The summed E-state index contributed by atoms with van der Waals surface area (Å²) in [5, 5.41) is 3.70. The summed E-state index contributed by atoms with van der Waals surface area (Å²) in [5.74, 6) is -0.764. The van der Waals surface area contributed by atoms with E-state index in [0.29, 0.717) is 23.2 Å². The fraction of sp³-hybridized carbons (Fsp3) is 0.174. The van der Waals surface area contributed by atoms with Crippen molar-refractivity contribution in [3.63, 3.8) is 0 Å². The van der Waals surface area contributed by atoms with Crippen LogP contribution in [-0.2, 0) is 15.8 Å². The Morgan fingerprint density at radius 1 is 1.13 bits per heavy atom. The number of carbonyl (C=O) groups excluding carboxylic acids is 2. The zero-order valence-electron chi connectivity index (χ0n) is 16.5. The third-order valence-electron chi connectivity index (χ3n) is 5.13. The number of nitrogens with one attached hydrogen (secondary N) is 1. The smallest absolute Gasteiger partial charge is 0.322 e. The van der Waals surface area contributed by atoms with Gasteiger partial charge in [0.25, 0.3) is 0 Å². The molecule has 0 radical (unpaired) electrons. The molecular formula is C23H18F3N3O2. The van der Waals surface area contributed by atoms with Gasteiger partial charge in [-0.1, -0.05) is 18.2 Å². The maximum Gasteiger partial charge on any atom is 0.416 e. The van der Waals surface area contributed by atoms with Crippen molar-refractivity contribution in [2.75, 3.05) is 16.8 Å². The normalized spacial score (nSPS) is 15.1. The van der Waals surface area contributed by atoms with Crippen LogP contribution >= 0.6 is 0 Å². The summed E-state index contributed by atoms with van der Waals surface area (Å²) in [5.41, 5.74) is 1.60. The summed E-state index contributed by atoms with van der Waals surface area (Å²) in [4.78, 5) is 30.1. The molecular weight excluding hydrogens is 407 g/mol. The average molecular weight is 425 g/mol. The van der Waals surface area contributed by atoms with Crippen LogP contribution in [0.25, 0.3) is 16.5 Å². The number of pyridine rings is 1. The molecule has 0 saturated heterocycles. The average Bonchev–Trinajstić information content (AvgIpc) is 2.72. The largest absolute Gasteiger partial charge is 0.416 e. The zero-order valence-corrected chi connectivity index (χ0v) is 16.5. The third-order valence-corrected chi connectivity index (χ3v) is 5.13. The van der Waals surface area contributed by atoms with Crippen molar-refractivity contribution < 1.29 is 22.8 Å². The van der Waals surface area contributed by atoms with E-state index < -0.39 is 17.6 Å². The minimum Gasteiger partial charge on any atom is -0.322 e. The number of hydrogen-bond donors (Lipinski definition) is 1. The highest BCUT2D eigenvalue weighted by molar-refractivity contribution is 6.07. The van der Waals surface area contributed by atoms with Crippen LogP contribution in [0, 0.1) is 0 Å². The Balaban J connectivity index is 1.65. The van der Waals surface area contributed by atoms with Gasteiger partial charge in [-0.05, 0) is 42.3 Å². The van der Waals surface area contributed by atoms with E-state index in [4.69, 9.17) is 0 Å². The summed E-state index contributed by atoms with van der Waals surface area (Å²) >= 11 is 0. The molecule has 4 rings (SSSR count). The molecule has 0 aliphatic carbocycles. The van der Waals surface area contributed by atoms with E-state index in [9.17, 15) is 22.8 Å². The number of halogens is 3. The first-order valence-electron chi connectivity index (χ1n) is 9.58. The molecule has 2 aromatic carbocycles. The molecule has 1 aliphatic heterocycles. The molecule has 0 unspecified atom stereocenters. The van der Waals surface area contributed by atoms with Gasteiger partial charge in [0.2, 0.25) is 11.8 Å². The Morgan fingerprint density at radius 3 is 2.68 bits per heavy atom. The van der Waals surface area contributed by atoms with Crippen LogP contribution < -0.4 is 10.2 Å². The molecule has 3 aromatic rings. The maximum absolute atomic E-state index is 13.2. The number of rotatable bonds is 2. The van der Waals surface area contributed by atoms with Crippen molar-refractivity contribution in [1.82, 2.24) is 4.98 Å². The van der Waals surface area contributed by atoms with Crippen molar-refractivity contribution in [3.05, 3.63) is 71.9 Å². The number of hydrogen-bond acceptors (Lipinski definition) is 3. The summed E-state index contributed by atoms with van der Waals surface area (Å²) in [6.07, 6.45) is -1.15. The second-order valence-electron chi connectivity index (χ2n) is 7.22. The Labute approximate surface area is 176 Å². The second-order valence-corrected chi connectivity index (χ2v) is 7.22. The lowest BCUT2D eigenvalue weighted by Crippen LogP contribution is -2.33. The van der Waals surface area contributed by atoms with Gasteiger partial charge in [0, 0.05) is 42.4 Å². The summed E-state index contributed by atoms with van der Waals surface area (Å²) in [6.45, 7) is 1.50. The summed E-state index contributed by atoms with van der Waals surface area (Å²) < 4.78 is 39.5. The molecule has 0 fully saturated rings. The Hall–Kier alpha value is -3.68. The highest BCUT2D eigenvalue weighted by Crippen LogP contribution is 2.39. The predicted molar refractivity (Wildman–Crippen MR) is 112 cm³/mol. The lowest BCUT2D eigenvalue weighted by Gasteiger charge is -2.31. The molecule has 0 saturated carbocycles. The summed E-state index contributed by atoms with van der Waals surface area (Å²) in [6, 6.07) is 12.3. The van der Waals surface area contributed by atoms with E-state index in [0.717, 1.165) is 23.0 Å². The van der Waals surface area contributed by atoms with Gasteiger partial charge in [-0.3, -0.25) is 14.6 Å². The molecule has 1 aromatic heterocycles. The van der Waals surface area contributed by atoms with Crippen molar-refractivity contribution in [3.8, 4) is 0 Å². The molecule has 5 nitrogen and oxygen atoms in total. The quantitative estimate of drug-likeness (QED) is 0.586. The first kappa shape index (κ1) is 20.6. The van der Waals surface area contributed by atoms with Gasteiger partial charge in [0.15, 0.2) is 0 Å². The van der Waals surface area contributed by atoms with E-state index in [1.165, 1.54) is 24.0 Å². The monoisotopic (exact) mass is 425 g/mol. The number of alkyl halides is 3. The molecule has 2 amide bonds. The Kier molecular flexibility index (Phi) is 5.22. The number of benzene rings is 2. The molecule has 2 heterocycles. The van der Waals surface area contributed by atoms with Gasteiger partial charge < -0.3 is 10.2 Å². The molecule has 0 atom stereocenters. The lowest BCUT2D eigenvalue weighted by atomic mass is 9.93. The van der Waals surface area contributed by atoms with Crippen LogP contribution in [0.15, 0.2) is 60.8 Å². The Morgan fingerprint density at radius 2 is 1.94 bits per heavy atom. The van der Waals surface area contributed by atoms with Gasteiger partial charge in [0.1, 0.15) is 0 Å². The number of anilines is 2. The van der Waals surface area contributed by atoms with E-state index >= 15 is 0 Å². The fourth-order valence-corrected chi connectivity index (χ4v) is 3.65. The zero-order chi connectivity index (χ0) is 22.2. The van der Waals surface area contributed by atoms with Crippen LogP contribution in [0.4, 0.5) is 24.5 Å². The Bertz CT molecular complexity index is 1220. The van der Waals surface area contributed by atoms with Gasteiger partial charge in [-0.2, -0.15) is 13.2 Å². The fourth-order valence-electron chi connectivity index (χ4n) is 3.65. The van der Waals surface area contributed by atoms with Crippen LogP contribution in [0.1, 0.15) is 24.5 Å². The number of aromatic nitrogens is 1. The molecule has 8 heteroatoms. The van der Waals surface area contributed by atoms with E-state index in [2.05, 4.69) is 10.3 Å². The van der Waals surface area contributed by atoms with Crippen LogP contribution in [0.2, 0.25) is 0 Å². The minimum absolute atomic E-state index is 0.155. The lowest BCUT2D eigenvalue weighted by molar-refractivity contribution is -0.137. The first-order chi connectivity index (χ1) is 14.7. The SMILES string of the molecule is CC(=O)N1CCC(=CC(=O)Nc2ccc3cccnc3c2)c2ccc(C(F)(F)F)cc21. The molecule has 1 aliphatic rings. The van der Waals surface area contributed by atoms with Gasteiger partial charge in [-0.25, -0.2) is 0 Å². The topological polar surface area (TPSA) is 62.3 Å². The van der Waals surface area contributed by atoms with Crippen molar-refractivity contribution in [1.29, 1.82) is 0 Å². The predicted octanol–water partition coefficient (Wildman–Crippen LogP) is 5.03. The second kappa shape index (κ2) is 7.86. The molecule has 1 N–H and O–H groups in total. The van der Waals surface area contributed by atoms with Crippen LogP contribution in [0.3, 0.4) is 0 Å². The van der Waals surface area contributed by atoms with Crippen molar-refractivity contribution >= 4 is 39.7 Å². The maximum atomic E-state index is 13.2. The van der Waals surface area contributed by atoms with Gasteiger partial charge in [0.05, 0.1) is 16.8 Å². The van der Waals surface area contributed by atoms with E-state index in [-0.39, 0.29) is 18.1 Å². The minimum atomic E-state index is -4.53. The molecule has 0 bridgehead atoms. The highest BCUT2D eigenvalue weighted by atomic mass is 19.4. The molecule has 0 spiro atoms. The highest BCUT2D eigenvalue weighted by Gasteiger charge is 2.33. The molecule has 158 valence electrons. The standard InChI is InChI=1S/C23H18F3N3O2/c1-14(30)29-10-8-16(19-7-5-17(12-21(19)29)23(24,25)26)11-22(31)28-18-6-4-15-3-2-9-27-20(15)13-18/h2-7,9,11-13H,8,10H2,1H3,(H,28,31). The number of nitrogens with zero attached hydrogens (tertiary/aromatic N) is 2. The number of carbonyl (C=O) groups is 2. The first-order valence-corrected chi connectivity index (χ1v) is 9.58. The van der Waals surface area contributed by atoms with Gasteiger partial charge >= 0.3 is 6.18 Å².